The molecule has 0 spiro atoms. The van der Waals surface area contributed by atoms with Gasteiger partial charge in [-0.1, -0.05) is 22.0 Å². The molecule has 1 N–H and O–H groups in total. The number of aryl methyl sites for hydroxylation is 1. The zero-order valence-electron chi connectivity index (χ0n) is 12.3. The summed E-state index contributed by atoms with van der Waals surface area (Å²) in [6.07, 6.45) is 3.28. The quantitative estimate of drug-likeness (QED) is 0.533. The van der Waals surface area contributed by atoms with Crippen molar-refractivity contribution in [2.24, 2.45) is 0 Å². The van der Waals surface area contributed by atoms with Gasteiger partial charge in [-0.05, 0) is 23.1 Å². The topological polar surface area (TPSA) is 103 Å². The van der Waals surface area contributed by atoms with E-state index in [2.05, 4.69) is 31.3 Å². The molecule has 0 aliphatic carbocycles. The first-order chi connectivity index (χ1) is 11.5. The Kier molecular flexibility index (Phi) is 4.52. The van der Waals surface area contributed by atoms with Crippen molar-refractivity contribution in [3.8, 4) is 0 Å². The summed E-state index contributed by atoms with van der Waals surface area (Å²) in [5.41, 5.74) is 1.31. The molecule has 0 unspecified atom stereocenters. The molecule has 0 atom stereocenters. The summed E-state index contributed by atoms with van der Waals surface area (Å²) < 4.78 is 2.27. The molecule has 1 amide bonds. The first kappa shape index (κ1) is 16.1. The lowest BCUT2D eigenvalue weighted by Gasteiger charge is -2.08. The second-order valence-electron chi connectivity index (χ2n) is 4.99. The van der Waals surface area contributed by atoms with Crippen LogP contribution < -0.4 is 5.32 Å². The maximum absolute atomic E-state index is 12.1. The summed E-state index contributed by atoms with van der Waals surface area (Å²) >= 11 is 3.45. The zero-order chi connectivity index (χ0) is 17.1. The third-order valence-corrected chi connectivity index (χ3v) is 4.06. The molecule has 0 aliphatic rings. The highest BCUT2D eigenvalue weighted by molar-refractivity contribution is 9.10. The molecule has 1 aromatic carbocycles. The van der Waals surface area contributed by atoms with Crippen LogP contribution >= 0.6 is 15.9 Å². The number of nitrogens with one attached hydrogen (secondary N) is 1. The number of nitrogens with zero attached hydrogens (tertiary/aromatic N) is 4. The van der Waals surface area contributed by atoms with Crippen molar-refractivity contribution in [2.75, 3.05) is 5.32 Å². The van der Waals surface area contributed by atoms with Crippen LogP contribution in [0, 0.1) is 10.1 Å². The molecule has 2 heterocycles. The first-order valence-corrected chi connectivity index (χ1v) is 7.85. The fourth-order valence-corrected chi connectivity index (χ4v) is 2.69. The number of rotatable bonds is 5. The Hall–Kier alpha value is -2.81. The number of nitro groups is 1. The van der Waals surface area contributed by atoms with E-state index in [9.17, 15) is 14.9 Å². The van der Waals surface area contributed by atoms with Crippen LogP contribution in [0.15, 0.2) is 47.2 Å². The van der Waals surface area contributed by atoms with Gasteiger partial charge in [-0.3, -0.25) is 9.78 Å². The van der Waals surface area contributed by atoms with Gasteiger partial charge in [-0.15, -0.1) is 0 Å². The van der Waals surface area contributed by atoms with E-state index in [1.54, 1.807) is 12.3 Å². The van der Waals surface area contributed by atoms with Crippen LogP contribution in [0.3, 0.4) is 0 Å². The van der Waals surface area contributed by atoms with E-state index < -0.39 is 4.92 Å². The Morgan fingerprint density at radius 3 is 2.92 bits per heavy atom. The minimum absolute atomic E-state index is 0.142. The molecular formula is C15H12BrN5O3. The molecule has 9 heteroatoms. The van der Waals surface area contributed by atoms with Gasteiger partial charge in [0.2, 0.25) is 5.91 Å². The van der Waals surface area contributed by atoms with Crippen molar-refractivity contribution in [1.29, 1.82) is 0 Å². The average molecular weight is 390 g/mol. The normalized spacial score (nSPS) is 10.7. The molecule has 2 aromatic heterocycles. The number of anilines is 1. The van der Waals surface area contributed by atoms with Crippen LogP contribution in [0.1, 0.15) is 6.42 Å². The van der Waals surface area contributed by atoms with Gasteiger partial charge in [0.25, 0.3) is 0 Å². The van der Waals surface area contributed by atoms with Gasteiger partial charge in [0, 0.05) is 22.5 Å². The van der Waals surface area contributed by atoms with Gasteiger partial charge in [0.1, 0.15) is 0 Å². The Balaban J connectivity index is 1.69. The predicted octanol–water partition coefficient (Wildman–Crippen LogP) is 3.13. The monoisotopic (exact) mass is 389 g/mol. The molecule has 0 aliphatic heterocycles. The summed E-state index contributed by atoms with van der Waals surface area (Å²) in [7, 11) is 0. The molecule has 24 heavy (non-hydrogen) atoms. The second kappa shape index (κ2) is 6.75. The Labute approximate surface area is 144 Å². The van der Waals surface area contributed by atoms with Crippen molar-refractivity contribution in [3.05, 3.63) is 57.3 Å². The SMILES string of the molecule is O=C(CCn1ccc([N+](=O)[O-])n1)Nc1ccc(Br)c2cccnc12. The molecule has 0 saturated carbocycles. The van der Waals surface area contributed by atoms with Gasteiger partial charge >= 0.3 is 5.82 Å². The second-order valence-corrected chi connectivity index (χ2v) is 5.84. The largest absolute Gasteiger partial charge is 0.389 e. The number of hydrogen-bond donors (Lipinski definition) is 1. The standard InChI is InChI=1S/C15H12BrN5O3/c16-11-3-4-12(15-10(11)2-1-7-17-15)18-14(22)6-9-20-8-5-13(19-20)21(23)24/h1-5,7-8H,6,9H2,(H,18,22). The average Bonchev–Trinajstić information content (AvgIpc) is 3.05. The van der Waals surface area contributed by atoms with Crippen molar-refractivity contribution in [2.45, 2.75) is 13.0 Å². The van der Waals surface area contributed by atoms with Gasteiger partial charge < -0.3 is 15.4 Å². The third-order valence-electron chi connectivity index (χ3n) is 3.37. The number of fused-ring (bicyclic) bond motifs is 1. The number of hydrogen-bond acceptors (Lipinski definition) is 5. The minimum atomic E-state index is -0.573. The number of amides is 1. The minimum Gasteiger partial charge on any atom is -0.358 e. The molecule has 8 nitrogen and oxygen atoms in total. The molecule has 0 radical (unpaired) electrons. The lowest BCUT2D eigenvalue weighted by Crippen LogP contribution is -2.15. The molecule has 3 aromatic rings. The van der Waals surface area contributed by atoms with Gasteiger partial charge in [0.05, 0.1) is 35.1 Å². The molecule has 0 bridgehead atoms. The molecule has 3 rings (SSSR count). The lowest BCUT2D eigenvalue weighted by molar-refractivity contribution is -0.389. The van der Waals surface area contributed by atoms with Crippen LogP contribution in [0.5, 0.6) is 0 Å². The number of pyridine rings is 1. The number of aromatic nitrogens is 3. The van der Waals surface area contributed by atoms with Crippen LogP contribution in [-0.2, 0) is 11.3 Å². The van der Waals surface area contributed by atoms with Gasteiger partial charge in [-0.2, -0.15) is 4.68 Å². The molecular weight excluding hydrogens is 378 g/mol. The van der Waals surface area contributed by atoms with Crippen molar-refractivity contribution in [1.82, 2.24) is 14.8 Å². The van der Waals surface area contributed by atoms with E-state index in [-0.39, 0.29) is 24.7 Å². The van der Waals surface area contributed by atoms with Crippen LogP contribution in [0.2, 0.25) is 0 Å². The van der Waals surface area contributed by atoms with Gasteiger partial charge in [0.15, 0.2) is 0 Å². The number of halogens is 1. The first-order valence-electron chi connectivity index (χ1n) is 7.05. The van der Waals surface area contributed by atoms with E-state index in [0.29, 0.717) is 11.2 Å². The summed E-state index contributed by atoms with van der Waals surface area (Å²) in [6, 6.07) is 8.64. The van der Waals surface area contributed by atoms with Crippen LogP contribution in [0.4, 0.5) is 11.5 Å². The highest BCUT2D eigenvalue weighted by Gasteiger charge is 2.13. The zero-order valence-corrected chi connectivity index (χ0v) is 13.9. The highest BCUT2D eigenvalue weighted by atomic mass is 79.9. The van der Waals surface area contributed by atoms with E-state index in [4.69, 9.17) is 0 Å². The van der Waals surface area contributed by atoms with Crippen LogP contribution in [0.25, 0.3) is 10.9 Å². The maximum Gasteiger partial charge on any atom is 0.389 e. The summed E-state index contributed by atoms with van der Waals surface area (Å²) in [6.45, 7) is 0.252. The van der Waals surface area contributed by atoms with Crippen molar-refractivity contribution >= 4 is 44.2 Å². The summed E-state index contributed by atoms with van der Waals surface area (Å²) in [5.74, 6) is -0.457. The summed E-state index contributed by atoms with van der Waals surface area (Å²) in [4.78, 5) is 26.4. The predicted molar refractivity (Wildman–Crippen MR) is 91.6 cm³/mol. The lowest BCUT2D eigenvalue weighted by atomic mass is 10.2. The Bertz CT molecular complexity index is 924. The van der Waals surface area contributed by atoms with Crippen LogP contribution in [-0.4, -0.2) is 25.6 Å². The maximum atomic E-state index is 12.1. The summed E-state index contributed by atoms with van der Waals surface area (Å²) in [5, 5.41) is 18.1. The smallest absolute Gasteiger partial charge is 0.358 e. The third kappa shape index (κ3) is 3.40. The van der Waals surface area contributed by atoms with Crippen molar-refractivity contribution in [3.63, 3.8) is 0 Å². The van der Waals surface area contributed by atoms with Gasteiger partial charge in [-0.25, -0.2) is 0 Å². The Morgan fingerprint density at radius 1 is 1.33 bits per heavy atom. The molecule has 0 fully saturated rings. The highest BCUT2D eigenvalue weighted by Crippen LogP contribution is 2.28. The fraction of sp³-hybridized carbons (Fsp3) is 0.133. The molecule has 0 saturated heterocycles. The number of carbonyl (C=O) groups excluding carboxylic acids is 1. The fourth-order valence-electron chi connectivity index (χ4n) is 2.24. The van der Waals surface area contributed by atoms with E-state index in [0.717, 1.165) is 9.86 Å². The number of carbonyl (C=O) groups is 1. The van der Waals surface area contributed by atoms with Crippen molar-refractivity contribution < 1.29 is 9.72 Å². The van der Waals surface area contributed by atoms with E-state index in [1.807, 2.05) is 18.2 Å². The molecule has 122 valence electrons. The van der Waals surface area contributed by atoms with E-state index >= 15 is 0 Å². The van der Waals surface area contributed by atoms with E-state index in [1.165, 1.54) is 16.9 Å². The Morgan fingerprint density at radius 2 is 2.17 bits per heavy atom. The number of benzene rings is 1.